The van der Waals surface area contributed by atoms with Crippen molar-refractivity contribution in [3.05, 3.63) is 41.4 Å². The summed E-state index contributed by atoms with van der Waals surface area (Å²) in [5.74, 6) is 0.861. The van der Waals surface area contributed by atoms with Crippen LogP contribution in [0, 0.1) is 0 Å². The number of rotatable bonds is 1. The Bertz CT molecular complexity index is 437. The Hall–Kier alpha value is -1.21. The van der Waals surface area contributed by atoms with Gasteiger partial charge in [-0.2, -0.15) is 0 Å². The molecule has 66 valence electrons. The Balaban J connectivity index is 2.84. The molecule has 0 saturated heterocycles. The van der Waals surface area contributed by atoms with Crippen LogP contribution in [0.4, 0.5) is 0 Å². The Morgan fingerprint density at radius 2 is 1.69 bits per heavy atom. The van der Waals surface area contributed by atoms with Crippen molar-refractivity contribution in [2.24, 2.45) is 0 Å². The van der Waals surface area contributed by atoms with Gasteiger partial charge in [0.25, 0.3) is 0 Å². The minimum Gasteiger partial charge on any atom is -0.496 e. The van der Waals surface area contributed by atoms with Crippen LogP contribution < -0.4 is 4.74 Å². The lowest BCUT2D eigenvalue weighted by Crippen LogP contribution is -1.84. The highest BCUT2D eigenvalue weighted by Gasteiger charge is 2.01. The normalized spacial score (nSPS) is 10.3. The summed E-state index contributed by atoms with van der Waals surface area (Å²) in [6.45, 7) is 0. The van der Waals surface area contributed by atoms with Crippen LogP contribution in [0.25, 0.3) is 10.8 Å². The van der Waals surface area contributed by atoms with Gasteiger partial charge in [-0.15, -0.1) is 0 Å². The molecular formula is C11H9ClO. The lowest BCUT2D eigenvalue weighted by atomic mass is 10.1. The molecule has 0 heterocycles. The van der Waals surface area contributed by atoms with Gasteiger partial charge in [-0.3, -0.25) is 0 Å². The van der Waals surface area contributed by atoms with Crippen molar-refractivity contribution < 1.29 is 4.74 Å². The zero-order chi connectivity index (χ0) is 9.26. The third-order valence-corrected chi connectivity index (χ3v) is 2.38. The second-order valence-corrected chi connectivity index (χ2v) is 3.20. The molecule has 0 bridgehead atoms. The van der Waals surface area contributed by atoms with Crippen LogP contribution in [0.5, 0.6) is 5.75 Å². The standard InChI is InChI=1S/C11H9ClO/c1-13-11-7-3-4-8-9(11)5-2-6-10(8)12/h2-7H,1H3. The first kappa shape index (κ1) is 8.39. The van der Waals surface area contributed by atoms with E-state index in [0.29, 0.717) is 0 Å². The molecule has 0 spiro atoms. The van der Waals surface area contributed by atoms with Crippen molar-refractivity contribution >= 4 is 22.4 Å². The van der Waals surface area contributed by atoms with Crippen molar-refractivity contribution in [3.63, 3.8) is 0 Å². The number of methoxy groups -OCH3 is 1. The number of benzene rings is 2. The van der Waals surface area contributed by atoms with E-state index in [-0.39, 0.29) is 0 Å². The first-order chi connectivity index (χ1) is 6.33. The van der Waals surface area contributed by atoms with Crippen LogP contribution in [0.3, 0.4) is 0 Å². The highest BCUT2D eigenvalue weighted by Crippen LogP contribution is 2.29. The van der Waals surface area contributed by atoms with Gasteiger partial charge in [-0.25, -0.2) is 0 Å². The molecule has 2 aromatic carbocycles. The van der Waals surface area contributed by atoms with Crippen LogP contribution in [-0.2, 0) is 0 Å². The maximum atomic E-state index is 6.03. The fourth-order valence-corrected chi connectivity index (χ4v) is 1.66. The van der Waals surface area contributed by atoms with Gasteiger partial charge < -0.3 is 4.74 Å². The van der Waals surface area contributed by atoms with Crippen LogP contribution in [0.2, 0.25) is 5.02 Å². The summed E-state index contributed by atoms with van der Waals surface area (Å²) in [6.07, 6.45) is 0. The molecule has 0 unspecified atom stereocenters. The van der Waals surface area contributed by atoms with Gasteiger partial charge in [0.2, 0.25) is 0 Å². The topological polar surface area (TPSA) is 9.23 Å². The summed E-state index contributed by atoms with van der Waals surface area (Å²) in [5.41, 5.74) is 0. The summed E-state index contributed by atoms with van der Waals surface area (Å²) in [5, 5.41) is 2.84. The molecule has 0 N–H and O–H groups in total. The van der Waals surface area contributed by atoms with Gasteiger partial charge in [-0.05, 0) is 12.1 Å². The van der Waals surface area contributed by atoms with Crippen LogP contribution >= 0.6 is 11.6 Å². The van der Waals surface area contributed by atoms with E-state index in [9.17, 15) is 0 Å². The van der Waals surface area contributed by atoms with E-state index in [1.165, 1.54) is 0 Å². The van der Waals surface area contributed by atoms with Crippen molar-refractivity contribution in [2.75, 3.05) is 7.11 Å². The summed E-state index contributed by atoms with van der Waals surface area (Å²) in [7, 11) is 1.66. The van der Waals surface area contributed by atoms with Gasteiger partial charge in [0.05, 0.1) is 7.11 Å². The molecule has 2 heteroatoms. The van der Waals surface area contributed by atoms with Crippen LogP contribution in [-0.4, -0.2) is 7.11 Å². The van der Waals surface area contributed by atoms with E-state index in [2.05, 4.69) is 0 Å². The molecule has 0 fully saturated rings. The van der Waals surface area contributed by atoms with Crippen LogP contribution in [0.1, 0.15) is 0 Å². The molecular weight excluding hydrogens is 184 g/mol. The summed E-state index contributed by atoms with van der Waals surface area (Å²) in [4.78, 5) is 0. The first-order valence-corrected chi connectivity index (χ1v) is 4.42. The zero-order valence-corrected chi connectivity index (χ0v) is 8.01. The Morgan fingerprint density at radius 3 is 2.46 bits per heavy atom. The SMILES string of the molecule is COc1cccc2c(Cl)cccc12. The van der Waals surface area contributed by atoms with Crippen molar-refractivity contribution in [3.8, 4) is 5.75 Å². The number of halogens is 1. The van der Waals surface area contributed by atoms with E-state index >= 15 is 0 Å². The number of ether oxygens (including phenoxy) is 1. The summed E-state index contributed by atoms with van der Waals surface area (Å²) in [6, 6.07) is 11.7. The van der Waals surface area contributed by atoms with Crippen molar-refractivity contribution in [2.45, 2.75) is 0 Å². The molecule has 13 heavy (non-hydrogen) atoms. The third kappa shape index (κ3) is 1.36. The van der Waals surface area contributed by atoms with Gasteiger partial charge in [0.1, 0.15) is 5.75 Å². The van der Waals surface area contributed by atoms with E-state index in [1.54, 1.807) is 7.11 Å². The largest absolute Gasteiger partial charge is 0.496 e. The smallest absolute Gasteiger partial charge is 0.126 e. The number of fused-ring (bicyclic) bond motifs is 1. The predicted octanol–water partition coefficient (Wildman–Crippen LogP) is 3.50. The average Bonchev–Trinajstić information content (AvgIpc) is 2.18. The molecule has 0 saturated carbocycles. The monoisotopic (exact) mass is 192 g/mol. The van der Waals surface area contributed by atoms with E-state index in [1.807, 2.05) is 36.4 Å². The third-order valence-electron chi connectivity index (χ3n) is 2.05. The number of hydrogen-bond donors (Lipinski definition) is 0. The molecule has 0 amide bonds. The summed E-state index contributed by atoms with van der Waals surface area (Å²) < 4.78 is 5.22. The van der Waals surface area contributed by atoms with E-state index in [0.717, 1.165) is 21.5 Å². The molecule has 2 aromatic rings. The molecule has 0 aliphatic carbocycles. The average molecular weight is 193 g/mol. The number of hydrogen-bond acceptors (Lipinski definition) is 1. The van der Waals surface area contributed by atoms with Gasteiger partial charge in [-0.1, -0.05) is 35.9 Å². The predicted molar refractivity (Wildman–Crippen MR) is 55.5 cm³/mol. The van der Waals surface area contributed by atoms with Gasteiger partial charge in [0, 0.05) is 15.8 Å². The van der Waals surface area contributed by atoms with Crippen LogP contribution in [0.15, 0.2) is 36.4 Å². The lowest BCUT2D eigenvalue weighted by Gasteiger charge is -2.05. The van der Waals surface area contributed by atoms with Crippen molar-refractivity contribution in [1.29, 1.82) is 0 Å². The zero-order valence-electron chi connectivity index (χ0n) is 7.25. The first-order valence-electron chi connectivity index (χ1n) is 4.04. The summed E-state index contributed by atoms with van der Waals surface area (Å²) >= 11 is 6.03. The van der Waals surface area contributed by atoms with Crippen molar-refractivity contribution in [1.82, 2.24) is 0 Å². The molecule has 0 aliphatic heterocycles. The minimum absolute atomic E-state index is 0.761. The molecule has 1 nitrogen and oxygen atoms in total. The molecule has 0 aliphatic rings. The molecule has 0 atom stereocenters. The molecule has 2 rings (SSSR count). The highest BCUT2D eigenvalue weighted by molar-refractivity contribution is 6.35. The highest BCUT2D eigenvalue weighted by atomic mass is 35.5. The fraction of sp³-hybridized carbons (Fsp3) is 0.0909. The van der Waals surface area contributed by atoms with E-state index in [4.69, 9.17) is 16.3 Å². The van der Waals surface area contributed by atoms with E-state index < -0.39 is 0 Å². The quantitative estimate of drug-likeness (QED) is 0.672. The molecule has 0 aromatic heterocycles. The maximum absolute atomic E-state index is 6.03. The second-order valence-electron chi connectivity index (χ2n) is 2.80. The maximum Gasteiger partial charge on any atom is 0.126 e. The Labute approximate surface area is 81.9 Å². The fourth-order valence-electron chi connectivity index (χ4n) is 1.42. The minimum atomic E-state index is 0.761. The molecule has 0 radical (unpaired) electrons. The Morgan fingerprint density at radius 1 is 1.00 bits per heavy atom. The Kier molecular flexibility index (Phi) is 2.11. The van der Waals surface area contributed by atoms with Gasteiger partial charge >= 0.3 is 0 Å². The second kappa shape index (κ2) is 3.27. The lowest BCUT2D eigenvalue weighted by molar-refractivity contribution is 0.420. The van der Waals surface area contributed by atoms with Gasteiger partial charge in [0.15, 0.2) is 0 Å².